The van der Waals surface area contributed by atoms with Gasteiger partial charge in [-0.05, 0) is 12.8 Å². The van der Waals surface area contributed by atoms with Crippen molar-refractivity contribution in [2.45, 2.75) is 18.9 Å². The fraction of sp³-hybridized carbons (Fsp3) is 0.667. The van der Waals surface area contributed by atoms with E-state index in [2.05, 4.69) is 5.32 Å². The Balaban J connectivity index is 2.17. The summed E-state index contributed by atoms with van der Waals surface area (Å²) in [5, 5.41) is 10.9. The number of carbonyl (C=O) groups excluding carboxylic acids is 1. The molecule has 1 aliphatic carbocycles. The highest BCUT2D eigenvalue weighted by Gasteiger charge is 2.33. The molecule has 1 rings (SSSR count). The zero-order valence-corrected chi connectivity index (χ0v) is 5.41. The van der Waals surface area contributed by atoms with E-state index in [1.165, 1.54) is 0 Å². The van der Waals surface area contributed by atoms with Crippen LogP contribution in [0.3, 0.4) is 0 Å². The van der Waals surface area contributed by atoms with Crippen LogP contribution in [0.25, 0.3) is 0 Å². The van der Waals surface area contributed by atoms with Crippen molar-refractivity contribution in [3.63, 3.8) is 0 Å². The van der Waals surface area contributed by atoms with Crippen LogP contribution < -0.4 is 5.32 Å². The van der Waals surface area contributed by atoms with E-state index in [0.717, 1.165) is 0 Å². The van der Waals surface area contributed by atoms with E-state index in [-0.39, 0.29) is 12.0 Å². The van der Waals surface area contributed by atoms with E-state index in [9.17, 15) is 9.59 Å². The molecule has 10 heavy (non-hydrogen) atoms. The lowest BCUT2D eigenvalue weighted by atomic mass is 9.80. The van der Waals surface area contributed by atoms with Gasteiger partial charge in [-0.15, -0.1) is 0 Å². The second kappa shape index (κ2) is 2.68. The lowest BCUT2D eigenvalue weighted by molar-refractivity contribution is -0.145. The summed E-state index contributed by atoms with van der Waals surface area (Å²) in [4.78, 5) is 20.0. The van der Waals surface area contributed by atoms with Gasteiger partial charge in [-0.2, -0.15) is 0 Å². The van der Waals surface area contributed by atoms with E-state index in [0.29, 0.717) is 19.3 Å². The molecule has 4 heteroatoms. The molecule has 4 nitrogen and oxygen atoms in total. The first kappa shape index (κ1) is 7.05. The van der Waals surface area contributed by atoms with Crippen molar-refractivity contribution in [3.8, 4) is 0 Å². The Morgan fingerprint density at radius 1 is 1.60 bits per heavy atom. The maximum atomic E-state index is 10.2. The third-order valence-corrected chi connectivity index (χ3v) is 1.79. The van der Waals surface area contributed by atoms with Crippen LogP contribution in [-0.2, 0) is 9.59 Å². The second-order valence-corrected chi connectivity index (χ2v) is 2.49. The van der Waals surface area contributed by atoms with Crippen LogP contribution in [0.5, 0.6) is 0 Å². The van der Waals surface area contributed by atoms with Gasteiger partial charge in [0.1, 0.15) is 0 Å². The predicted octanol–water partition coefficient (Wildman–Crippen LogP) is -0.404. The molecule has 0 atom stereocenters. The van der Waals surface area contributed by atoms with E-state index in [4.69, 9.17) is 5.11 Å². The molecule has 1 aliphatic rings. The Morgan fingerprint density at radius 3 is 2.60 bits per heavy atom. The maximum Gasteiger partial charge on any atom is 0.306 e. The van der Waals surface area contributed by atoms with Gasteiger partial charge in [0.05, 0.1) is 5.92 Å². The van der Waals surface area contributed by atoms with Crippen molar-refractivity contribution >= 4 is 12.4 Å². The van der Waals surface area contributed by atoms with Crippen LogP contribution in [0, 0.1) is 5.92 Å². The summed E-state index contributed by atoms with van der Waals surface area (Å²) in [6, 6.07) is 0.0959. The van der Waals surface area contributed by atoms with Gasteiger partial charge in [0.2, 0.25) is 6.41 Å². The summed E-state index contributed by atoms with van der Waals surface area (Å²) in [6.07, 6.45) is 1.77. The lowest BCUT2D eigenvalue weighted by Crippen LogP contribution is -2.43. The van der Waals surface area contributed by atoms with Gasteiger partial charge in [0, 0.05) is 6.04 Å². The third kappa shape index (κ3) is 1.26. The average molecular weight is 143 g/mol. The molecule has 0 aromatic carbocycles. The summed E-state index contributed by atoms with van der Waals surface area (Å²) >= 11 is 0. The van der Waals surface area contributed by atoms with E-state index in [1.54, 1.807) is 0 Å². The highest BCUT2D eigenvalue weighted by Crippen LogP contribution is 2.26. The standard InChI is InChI=1S/C6H9NO3/c8-3-7-5-1-4(2-5)6(9)10/h3-5H,1-2H2,(H,7,8)(H,9,10). The number of amides is 1. The molecule has 1 fully saturated rings. The molecule has 1 saturated carbocycles. The van der Waals surface area contributed by atoms with Crippen LogP contribution in [0.15, 0.2) is 0 Å². The SMILES string of the molecule is O=CNC1CC(C(=O)O)C1. The maximum absolute atomic E-state index is 10.2. The van der Waals surface area contributed by atoms with Gasteiger partial charge in [-0.25, -0.2) is 0 Å². The Labute approximate surface area is 58.2 Å². The third-order valence-electron chi connectivity index (χ3n) is 1.79. The minimum absolute atomic E-state index is 0.0959. The van der Waals surface area contributed by atoms with Crippen LogP contribution in [-0.4, -0.2) is 23.5 Å². The lowest BCUT2D eigenvalue weighted by Gasteiger charge is -2.31. The second-order valence-electron chi connectivity index (χ2n) is 2.49. The quantitative estimate of drug-likeness (QED) is 0.528. The van der Waals surface area contributed by atoms with Crippen LogP contribution in [0.1, 0.15) is 12.8 Å². The Bertz CT molecular complexity index is 151. The normalized spacial score (nSPS) is 30.4. The van der Waals surface area contributed by atoms with E-state index in [1.807, 2.05) is 0 Å². The summed E-state index contributed by atoms with van der Waals surface area (Å²) in [7, 11) is 0. The molecule has 1 amide bonds. The molecule has 2 N–H and O–H groups in total. The fourth-order valence-electron chi connectivity index (χ4n) is 1.05. The number of carboxylic acid groups (broad SMARTS) is 1. The van der Waals surface area contributed by atoms with Gasteiger partial charge in [0.15, 0.2) is 0 Å². The molecule has 0 aliphatic heterocycles. The average Bonchev–Trinajstić information content (AvgIpc) is 1.76. The summed E-state index contributed by atoms with van der Waals surface area (Å²) in [5.74, 6) is -0.999. The van der Waals surface area contributed by atoms with Crippen molar-refractivity contribution in [2.24, 2.45) is 5.92 Å². The zero-order chi connectivity index (χ0) is 7.56. The number of rotatable bonds is 3. The van der Waals surface area contributed by atoms with Gasteiger partial charge in [0.25, 0.3) is 0 Å². The molecule has 0 aromatic heterocycles. The summed E-state index contributed by atoms with van der Waals surface area (Å²) in [6.45, 7) is 0. The molecular formula is C6H9NO3. The minimum Gasteiger partial charge on any atom is -0.481 e. The Hall–Kier alpha value is -1.06. The number of carbonyl (C=O) groups is 2. The molecule has 0 bridgehead atoms. The van der Waals surface area contributed by atoms with Gasteiger partial charge in [-0.3, -0.25) is 9.59 Å². The van der Waals surface area contributed by atoms with E-state index < -0.39 is 5.97 Å². The first-order chi connectivity index (χ1) is 4.74. The van der Waals surface area contributed by atoms with Crippen LogP contribution in [0.2, 0.25) is 0 Å². The largest absolute Gasteiger partial charge is 0.481 e. The van der Waals surface area contributed by atoms with E-state index >= 15 is 0 Å². The Morgan fingerprint density at radius 2 is 2.20 bits per heavy atom. The highest BCUT2D eigenvalue weighted by molar-refractivity contribution is 5.71. The topological polar surface area (TPSA) is 66.4 Å². The molecule has 0 radical (unpaired) electrons. The number of carboxylic acids is 1. The fourth-order valence-corrected chi connectivity index (χ4v) is 1.05. The first-order valence-electron chi connectivity index (χ1n) is 3.16. The molecule has 0 spiro atoms. The van der Waals surface area contributed by atoms with Crippen molar-refractivity contribution in [1.82, 2.24) is 5.32 Å². The van der Waals surface area contributed by atoms with Crippen LogP contribution >= 0.6 is 0 Å². The summed E-state index contributed by atoms with van der Waals surface area (Å²) in [5.41, 5.74) is 0. The molecule has 0 saturated heterocycles. The minimum atomic E-state index is -0.760. The molecule has 56 valence electrons. The predicted molar refractivity (Wildman–Crippen MR) is 33.3 cm³/mol. The van der Waals surface area contributed by atoms with Crippen molar-refractivity contribution in [1.29, 1.82) is 0 Å². The van der Waals surface area contributed by atoms with Gasteiger partial charge in [-0.1, -0.05) is 0 Å². The van der Waals surface area contributed by atoms with Crippen molar-refractivity contribution < 1.29 is 14.7 Å². The number of hydrogen-bond donors (Lipinski definition) is 2. The highest BCUT2D eigenvalue weighted by atomic mass is 16.4. The van der Waals surface area contributed by atoms with Crippen molar-refractivity contribution in [2.75, 3.05) is 0 Å². The Kier molecular flexibility index (Phi) is 1.89. The summed E-state index contributed by atoms with van der Waals surface area (Å²) < 4.78 is 0. The zero-order valence-electron chi connectivity index (χ0n) is 5.41. The molecule has 0 aromatic rings. The number of nitrogens with one attached hydrogen (secondary N) is 1. The first-order valence-corrected chi connectivity index (χ1v) is 3.16. The molecular weight excluding hydrogens is 134 g/mol. The van der Waals surface area contributed by atoms with Gasteiger partial charge < -0.3 is 10.4 Å². The molecule has 0 heterocycles. The molecule has 0 unspecified atom stereocenters. The number of hydrogen-bond acceptors (Lipinski definition) is 2. The monoisotopic (exact) mass is 143 g/mol. The van der Waals surface area contributed by atoms with Gasteiger partial charge >= 0.3 is 5.97 Å². The van der Waals surface area contributed by atoms with Crippen LogP contribution in [0.4, 0.5) is 0 Å². The number of aliphatic carboxylic acids is 1. The van der Waals surface area contributed by atoms with Crippen molar-refractivity contribution in [3.05, 3.63) is 0 Å². The smallest absolute Gasteiger partial charge is 0.306 e.